The maximum atomic E-state index is 13.8. The quantitative estimate of drug-likeness (QED) is 0.903. The third-order valence-corrected chi connectivity index (χ3v) is 4.14. The Hall–Kier alpha value is -1.04. The van der Waals surface area contributed by atoms with Gasteiger partial charge in [0.25, 0.3) is 0 Å². The molecule has 0 aliphatic carbocycles. The van der Waals surface area contributed by atoms with Crippen LogP contribution in [0.4, 0.5) is 4.39 Å². The Morgan fingerprint density at radius 2 is 2.21 bits per heavy atom. The summed E-state index contributed by atoms with van der Waals surface area (Å²) in [7, 11) is 0. The Morgan fingerprint density at radius 3 is 2.79 bits per heavy atom. The molecule has 0 amide bonds. The van der Waals surface area contributed by atoms with Gasteiger partial charge in [-0.15, -0.1) is 0 Å². The van der Waals surface area contributed by atoms with Gasteiger partial charge < -0.3 is 9.84 Å². The maximum absolute atomic E-state index is 13.8. The fourth-order valence-electron chi connectivity index (χ4n) is 2.61. The minimum Gasteiger partial charge on any atom is -0.386 e. The van der Waals surface area contributed by atoms with Gasteiger partial charge in [-0.25, -0.2) is 4.39 Å². The summed E-state index contributed by atoms with van der Waals surface area (Å²) in [6, 6.07) is 1.55. The van der Waals surface area contributed by atoms with Crippen molar-refractivity contribution in [1.29, 1.82) is 0 Å². The second-order valence-corrected chi connectivity index (χ2v) is 5.11. The second kappa shape index (κ2) is 5.94. The zero-order chi connectivity index (χ0) is 13.9. The molecule has 4 nitrogen and oxygen atoms in total. The largest absolute Gasteiger partial charge is 0.386 e. The van der Waals surface area contributed by atoms with E-state index in [1.54, 1.807) is 6.07 Å². The molecule has 2 atom stereocenters. The average Bonchev–Trinajstić information content (AvgIpc) is 2.47. The van der Waals surface area contributed by atoms with E-state index in [1.165, 1.54) is 6.20 Å². The predicted molar refractivity (Wildman–Crippen MR) is 70.2 cm³/mol. The fourth-order valence-corrected chi connectivity index (χ4v) is 2.61. The second-order valence-electron chi connectivity index (χ2n) is 5.11. The Morgan fingerprint density at radius 1 is 1.53 bits per heavy atom. The van der Waals surface area contributed by atoms with Crippen LogP contribution in [0.2, 0.25) is 0 Å². The van der Waals surface area contributed by atoms with Crippen molar-refractivity contribution >= 4 is 0 Å². The monoisotopic (exact) mass is 268 g/mol. The molecule has 2 heterocycles. The molecule has 1 aliphatic rings. The standard InChI is InChI=1S/C14H21FN2O2/c1-3-14(2,17-6-8-19-9-7-17)13(18)11-4-5-16-10-12(11)15/h4-5,10,13,18H,3,6-9H2,1-2H3. The van der Waals surface area contributed by atoms with Crippen LogP contribution >= 0.6 is 0 Å². The van der Waals surface area contributed by atoms with Gasteiger partial charge in [-0.2, -0.15) is 0 Å². The first kappa shape index (κ1) is 14.4. The summed E-state index contributed by atoms with van der Waals surface area (Å²) in [6.07, 6.45) is 2.51. The fraction of sp³-hybridized carbons (Fsp3) is 0.643. The average molecular weight is 268 g/mol. The topological polar surface area (TPSA) is 45.6 Å². The van der Waals surface area contributed by atoms with Gasteiger partial charge in [0.1, 0.15) is 5.82 Å². The summed E-state index contributed by atoms with van der Waals surface area (Å²) in [6.45, 7) is 6.81. The van der Waals surface area contributed by atoms with Crippen molar-refractivity contribution in [2.24, 2.45) is 0 Å². The first-order valence-corrected chi connectivity index (χ1v) is 6.70. The lowest BCUT2D eigenvalue weighted by atomic mass is 9.85. The van der Waals surface area contributed by atoms with E-state index in [9.17, 15) is 9.50 Å². The SMILES string of the molecule is CCC(C)(C(O)c1ccncc1F)N1CCOCC1. The molecule has 1 N–H and O–H groups in total. The molecule has 0 radical (unpaired) electrons. The molecular weight excluding hydrogens is 247 g/mol. The predicted octanol–water partition coefficient (Wildman–Crippen LogP) is 1.76. The van der Waals surface area contributed by atoms with E-state index in [-0.39, 0.29) is 0 Å². The van der Waals surface area contributed by atoms with Gasteiger partial charge in [0, 0.05) is 30.4 Å². The van der Waals surface area contributed by atoms with Gasteiger partial charge in [-0.05, 0) is 19.4 Å². The van der Waals surface area contributed by atoms with Crippen LogP contribution in [0.15, 0.2) is 18.5 Å². The number of ether oxygens (including phenoxy) is 1. The highest BCUT2D eigenvalue weighted by atomic mass is 19.1. The van der Waals surface area contributed by atoms with Gasteiger partial charge >= 0.3 is 0 Å². The molecule has 1 aliphatic heterocycles. The van der Waals surface area contributed by atoms with E-state index in [4.69, 9.17) is 4.74 Å². The van der Waals surface area contributed by atoms with Crippen molar-refractivity contribution in [3.05, 3.63) is 29.8 Å². The lowest BCUT2D eigenvalue weighted by molar-refractivity contribution is -0.0743. The molecule has 19 heavy (non-hydrogen) atoms. The molecule has 0 aromatic carbocycles. The van der Waals surface area contributed by atoms with Crippen LogP contribution < -0.4 is 0 Å². The van der Waals surface area contributed by atoms with E-state index in [0.29, 0.717) is 18.8 Å². The molecule has 1 fully saturated rings. The zero-order valence-corrected chi connectivity index (χ0v) is 11.5. The number of hydrogen-bond acceptors (Lipinski definition) is 4. The molecule has 0 spiro atoms. The minimum atomic E-state index is -0.876. The first-order chi connectivity index (χ1) is 9.09. The van der Waals surface area contributed by atoms with Gasteiger partial charge in [0.15, 0.2) is 0 Å². The number of rotatable bonds is 4. The molecule has 0 bridgehead atoms. The normalized spacial score (nSPS) is 21.9. The highest BCUT2D eigenvalue weighted by Crippen LogP contribution is 2.35. The van der Waals surface area contributed by atoms with Gasteiger partial charge in [0.05, 0.1) is 25.5 Å². The summed E-state index contributed by atoms with van der Waals surface area (Å²) in [5.41, 5.74) is -0.183. The third kappa shape index (κ3) is 2.78. The molecule has 2 unspecified atom stereocenters. The van der Waals surface area contributed by atoms with E-state index in [2.05, 4.69) is 9.88 Å². The summed E-state index contributed by atoms with van der Waals surface area (Å²) < 4.78 is 19.1. The van der Waals surface area contributed by atoms with Crippen molar-refractivity contribution in [2.45, 2.75) is 31.9 Å². The summed E-state index contributed by atoms with van der Waals surface area (Å²) in [4.78, 5) is 5.91. The van der Waals surface area contributed by atoms with Crippen LogP contribution in [0, 0.1) is 5.82 Å². The van der Waals surface area contributed by atoms with Crippen molar-refractivity contribution in [3.8, 4) is 0 Å². The number of morpholine rings is 1. The lowest BCUT2D eigenvalue weighted by Gasteiger charge is -2.45. The van der Waals surface area contributed by atoms with Crippen molar-refractivity contribution < 1.29 is 14.2 Å². The Bertz CT molecular complexity index is 424. The van der Waals surface area contributed by atoms with Gasteiger partial charge in [-0.3, -0.25) is 9.88 Å². The van der Waals surface area contributed by atoms with E-state index < -0.39 is 17.5 Å². The highest BCUT2D eigenvalue weighted by Gasteiger charge is 2.39. The number of pyridine rings is 1. The van der Waals surface area contributed by atoms with Gasteiger partial charge in [-0.1, -0.05) is 6.92 Å². The van der Waals surface area contributed by atoms with Crippen LogP contribution in [0.25, 0.3) is 0 Å². The van der Waals surface area contributed by atoms with E-state index >= 15 is 0 Å². The van der Waals surface area contributed by atoms with Crippen LogP contribution in [0.5, 0.6) is 0 Å². The minimum absolute atomic E-state index is 0.311. The van der Waals surface area contributed by atoms with E-state index in [0.717, 1.165) is 25.7 Å². The Kier molecular flexibility index (Phi) is 4.50. The first-order valence-electron chi connectivity index (χ1n) is 6.70. The van der Waals surface area contributed by atoms with Crippen molar-refractivity contribution in [3.63, 3.8) is 0 Å². The number of aliphatic hydroxyl groups is 1. The summed E-state index contributed by atoms with van der Waals surface area (Å²) >= 11 is 0. The number of hydrogen-bond donors (Lipinski definition) is 1. The van der Waals surface area contributed by atoms with E-state index in [1.807, 2.05) is 13.8 Å². The van der Waals surface area contributed by atoms with Crippen LogP contribution in [-0.4, -0.2) is 46.8 Å². The molecule has 106 valence electrons. The highest BCUT2D eigenvalue weighted by molar-refractivity contribution is 5.20. The molecule has 5 heteroatoms. The lowest BCUT2D eigenvalue weighted by Crippen LogP contribution is -2.54. The number of aliphatic hydroxyl groups excluding tert-OH is 1. The summed E-state index contributed by atoms with van der Waals surface area (Å²) in [5.74, 6) is -0.456. The number of nitrogens with zero attached hydrogens (tertiary/aromatic N) is 2. The molecule has 1 saturated heterocycles. The Labute approximate surface area is 113 Å². The van der Waals surface area contributed by atoms with Crippen LogP contribution in [-0.2, 0) is 4.74 Å². The Balaban J connectivity index is 2.27. The maximum Gasteiger partial charge on any atom is 0.147 e. The molecule has 0 saturated carbocycles. The summed E-state index contributed by atoms with van der Waals surface area (Å²) in [5, 5.41) is 10.6. The number of aromatic nitrogens is 1. The van der Waals surface area contributed by atoms with Crippen molar-refractivity contribution in [2.75, 3.05) is 26.3 Å². The molecule has 2 rings (SSSR count). The zero-order valence-electron chi connectivity index (χ0n) is 11.5. The van der Waals surface area contributed by atoms with Crippen molar-refractivity contribution in [1.82, 2.24) is 9.88 Å². The van der Waals surface area contributed by atoms with Crippen LogP contribution in [0.1, 0.15) is 31.9 Å². The molecule has 1 aromatic heterocycles. The molecule has 1 aromatic rings. The van der Waals surface area contributed by atoms with Gasteiger partial charge in [0.2, 0.25) is 0 Å². The smallest absolute Gasteiger partial charge is 0.147 e. The molecular formula is C14H21FN2O2. The number of halogens is 1. The van der Waals surface area contributed by atoms with Crippen LogP contribution in [0.3, 0.4) is 0 Å². The third-order valence-electron chi connectivity index (χ3n) is 4.14.